The quantitative estimate of drug-likeness (QED) is 0.704. The Morgan fingerprint density at radius 3 is 2.47 bits per heavy atom. The number of nitrogens with zero attached hydrogens (tertiary/aromatic N) is 5. The van der Waals surface area contributed by atoms with Crippen molar-refractivity contribution in [3.63, 3.8) is 0 Å². The molecule has 0 saturated carbocycles. The highest BCUT2D eigenvalue weighted by atomic mass is 32.2. The van der Waals surface area contributed by atoms with Gasteiger partial charge in [0.25, 0.3) is 0 Å². The minimum atomic E-state index is -3.42. The summed E-state index contributed by atoms with van der Waals surface area (Å²) >= 11 is 0. The van der Waals surface area contributed by atoms with E-state index < -0.39 is 9.84 Å². The predicted molar refractivity (Wildman–Crippen MR) is 59.5 cm³/mol. The zero-order valence-corrected chi connectivity index (χ0v) is 10.4. The molecule has 8 heteroatoms. The molecule has 0 bridgehead atoms. The lowest BCUT2D eigenvalue weighted by Gasteiger charge is -2.02. The molecule has 0 aliphatic rings. The van der Waals surface area contributed by atoms with E-state index in [1.54, 1.807) is 19.9 Å². The Labute approximate surface area is 98.5 Å². The lowest BCUT2D eigenvalue weighted by molar-refractivity contribution is 0.591. The lowest BCUT2D eigenvalue weighted by Crippen LogP contribution is -2.09. The monoisotopic (exact) mass is 253 g/mol. The van der Waals surface area contributed by atoms with Gasteiger partial charge in [-0.3, -0.25) is 0 Å². The van der Waals surface area contributed by atoms with Gasteiger partial charge in [0.1, 0.15) is 11.6 Å². The number of hydrogen-bond acceptors (Lipinski definition) is 6. The van der Waals surface area contributed by atoms with Crippen molar-refractivity contribution in [2.75, 3.05) is 6.26 Å². The Morgan fingerprint density at radius 1 is 1.24 bits per heavy atom. The molecule has 0 saturated heterocycles. The Hall–Kier alpha value is -1.83. The standard InChI is InChI=1S/C9H11N5O2S/c1-6-11-7(2)14(13-6)8-4-5-10-9(12-8)17(3,15)16/h4-5H,1-3H3. The third kappa shape index (κ3) is 2.31. The first kappa shape index (κ1) is 11.6. The maximum atomic E-state index is 11.3. The van der Waals surface area contributed by atoms with Gasteiger partial charge in [-0.15, -0.1) is 5.10 Å². The lowest BCUT2D eigenvalue weighted by atomic mass is 10.5. The van der Waals surface area contributed by atoms with Crippen molar-refractivity contribution in [1.82, 2.24) is 24.7 Å². The van der Waals surface area contributed by atoms with Crippen LogP contribution in [-0.4, -0.2) is 39.4 Å². The molecule has 0 aromatic carbocycles. The van der Waals surface area contributed by atoms with E-state index in [1.165, 1.54) is 10.9 Å². The van der Waals surface area contributed by atoms with Crippen LogP contribution in [0.1, 0.15) is 11.6 Å². The Kier molecular flexibility index (Phi) is 2.66. The van der Waals surface area contributed by atoms with Crippen LogP contribution in [0.15, 0.2) is 17.4 Å². The molecule has 0 unspecified atom stereocenters. The molecule has 0 radical (unpaired) electrons. The van der Waals surface area contributed by atoms with Gasteiger partial charge in [-0.1, -0.05) is 0 Å². The molecule has 2 rings (SSSR count). The maximum absolute atomic E-state index is 11.3. The largest absolute Gasteiger partial charge is 0.248 e. The number of sulfone groups is 1. The highest BCUT2D eigenvalue weighted by Gasteiger charge is 2.13. The van der Waals surface area contributed by atoms with Gasteiger partial charge in [0, 0.05) is 18.5 Å². The second kappa shape index (κ2) is 3.88. The van der Waals surface area contributed by atoms with Crippen LogP contribution in [0.25, 0.3) is 5.82 Å². The molecule has 0 fully saturated rings. The Bertz CT molecular complexity index is 662. The fourth-order valence-corrected chi connectivity index (χ4v) is 1.88. The second-order valence-corrected chi connectivity index (χ2v) is 5.50. The fraction of sp³-hybridized carbons (Fsp3) is 0.333. The van der Waals surface area contributed by atoms with E-state index in [9.17, 15) is 8.42 Å². The van der Waals surface area contributed by atoms with Crippen molar-refractivity contribution in [3.05, 3.63) is 23.9 Å². The number of hydrogen-bond donors (Lipinski definition) is 0. The molecule has 2 aromatic rings. The molecule has 2 heterocycles. The minimum absolute atomic E-state index is 0.220. The van der Waals surface area contributed by atoms with Crippen molar-refractivity contribution in [2.45, 2.75) is 19.0 Å². The van der Waals surface area contributed by atoms with E-state index in [4.69, 9.17) is 0 Å². The summed E-state index contributed by atoms with van der Waals surface area (Å²) in [5, 5.41) is 3.90. The van der Waals surface area contributed by atoms with Crippen LogP contribution in [-0.2, 0) is 9.84 Å². The second-order valence-electron chi connectivity index (χ2n) is 3.59. The molecular formula is C9H11N5O2S. The van der Waals surface area contributed by atoms with Gasteiger partial charge < -0.3 is 0 Å². The molecule has 0 aliphatic heterocycles. The smallest absolute Gasteiger partial charge is 0.227 e. The van der Waals surface area contributed by atoms with E-state index in [2.05, 4.69) is 20.1 Å². The highest BCUT2D eigenvalue weighted by molar-refractivity contribution is 7.90. The summed E-state index contributed by atoms with van der Waals surface area (Å²) in [5.74, 6) is 1.63. The fourth-order valence-electron chi connectivity index (χ4n) is 1.37. The van der Waals surface area contributed by atoms with Crippen molar-refractivity contribution >= 4 is 9.84 Å². The van der Waals surface area contributed by atoms with Crippen molar-refractivity contribution in [1.29, 1.82) is 0 Å². The Morgan fingerprint density at radius 2 is 1.94 bits per heavy atom. The van der Waals surface area contributed by atoms with E-state index in [1.807, 2.05) is 0 Å². The SMILES string of the molecule is Cc1nc(C)n(-c2ccnc(S(C)(=O)=O)n2)n1. The van der Waals surface area contributed by atoms with Crippen molar-refractivity contribution in [3.8, 4) is 5.82 Å². The number of aryl methyl sites for hydroxylation is 2. The number of aromatic nitrogens is 5. The summed E-state index contributed by atoms with van der Waals surface area (Å²) in [6, 6.07) is 1.58. The summed E-state index contributed by atoms with van der Waals surface area (Å²) in [4.78, 5) is 11.8. The van der Waals surface area contributed by atoms with Crippen molar-refractivity contribution < 1.29 is 8.42 Å². The van der Waals surface area contributed by atoms with Gasteiger partial charge in [0.15, 0.2) is 5.82 Å². The van der Waals surface area contributed by atoms with Crippen LogP contribution in [0.3, 0.4) is 0 Å². The van der Waals surface area contributed by atoms with Crippen molar-refractivity contribution in [2.24, 2.45) is 0 Å². The van der Waals surface area contributed by atoms with Gasteiger partial charge in [-0.25, -0.2) is 18.4 Å². The first-order valence-corrected chi connectivity index (χ1v) is 6.71. The third-order valence-corrected chi connectivity index (χ3v) is 2.90. The summed E-state index contributed by atoms with van der Waals surface area (Å²) in [5.41, 5.74) is 0. The zero-order chi connectivity index (χ0) is 12.6. The van der Waals surface area contributed by atoms with E-state index in [0.29, 0.717) is 17.5 Å². The van der Waals surface area contributed by atoms with Crippen LogP contribution in [0.2, 0.25) is 0 Å². The summed E-state index contributed by atoms with van der Waals surface area (Å²) in [6.45, 7) is 3.52. The number of rotatable bonds is 2. The molecule has 0 N–H and O–H groups in total. The van der Waals surface area contributed by atoms with E-state index in [0.717, 1.165) is 6.26 Å². The molecule has 0 aliphatic carbocycles. The molecule has 2 aromatic heterocycles. The van der Waals surface area contributed by atoms with E-state index in [-0.39, 0.29) is 5.16 Å². The molecule has 0 amide bonds. The third-order valence-electron chi connectivity index (χ3n) is 2.04. The van der Waals surface area contributed by atoms with Gasteiger partial charge in [0.2, 0.25) is 15.0 Å². The van der Waals surface area contributed by atoms with Crippen LogP contribution in [0.5, 0.6) is 0 Å². The van der Waals surface area contributed by atoms with Gasteiger partial charge in [-0.05, 0) is 13.8 Å². The average Bonchev–Trinajstić information content (AvgIpc) is 2.57. The van der Waals surface area contributed by atoms with Crippen LogP contribution in [0.4, 0.5) is 0 Å². The van der Waals surface area contributed by atoms with Gasteiger partial charge in [-0.2, -0.15) is 9.67 Å². The summed E-state index contributed by atoms with van der Waals surface area (Å²) < 4.78 is 24.2. The first-order valence-electron chi connectivity index (χ1n) is 4.81. The highest BCUT2D eigenvalue weighted by Crippen LogP contribution is 2.08. The van der Waals surface area contributed by atoms with Crippen LogP contribution < -0.4 is 0 Å². The van der Waals surface area contributed by atoms with Gasteiger partial charge >= 0.3 is 0 Å². The van der Waals surface area contributed by atoms with Crippen LogP contribution >= 0.6 is 0 Å². The Balaban J connectivity index is 2.58. The molecular weight excluding hydrogens is 242 g/mol. The van der Waals surface area contributed by atoms with E-state index >= 15 is 0 Å². The average molecular weight is 253 g/mol. The topological polar surface area (TPSA) is 90.6 Å². The molecule has 7 nitrogen and oxygen atoms in total. The first-order chi connectivity index (χ1) is 7.88. The molecule has 90 valence electrons. The zero-order valence-electron chi connectivity index (χ0n) is 9.62. The maximum Gasteiger partial charge on any atom is 0.248 e. The normalized spacial score (nSPS) is 11.7. The van der Waals surface area contributed by atoms with Crippen LogP contribution in [0, 0.1) is 13.8 Å². The summed E-state index contributed by atoms with van der Waals surface area (Å²) in [7, 11) is -3.42. The predicted octanol–water partition coefficient (Wildman–Crippen LogP) is 0.0776. The minimum Gasteiger partial charge on any atom is -0.227 e. The molecule has 0 spiro atoms. The summed E-state index contributed by atoms with van der Waals surface area (Å²) in [6.07, 6.45) is 2.45. The molecule has 0 atom stereocenters. The van der Waals surface area contributed by atoms with Gasteiger partial charge in [0.05, 0.1) is 0 Å². The molecule has 17 heavy (non-hydrogen) atoms.